The van der Waals surface area contributed by atoms with Crippen molar-refractivity contribution >= 4 is 35.2 Å². The molecule has 8 nitrogen and oxygen atoms in total. The van der Waals surface area contributed by atoms with Crippen LogP contribution in [0.4, 0.5) is 5.69 Å². The highest BCUT2D eigenvalue weighted by molar-refractivity contribution is 8.02. The van der Waals surface area contributed by atoms with Crippen molar-refractivity contribution in [3.8, 4) is 11.5 Å². The Morgan fingerprint density at radius 2 is 2.06 bits per heavy atom. The molecule has 1 heterocycles. The maximum Gasteiger partial charge on any atom is 0.248 e. The minimum Gasteiger partial charge on any atom is -0.493 e. The van der Waals surface area contributed by atoms with E-state index < -0.39 is 10.7 Å². The topological polar surface area (TPSA) is 111 Å². The van der Waals surface area contributed by atoms with E-state index in [4.69, 9.17) is 15.2 Å². The number of hydrogen-bond acceptors (Lipinski definition) is 6. The summed E-state index contributed by atoms with van der Waals surface area (Å²) >= 11 is 1.41. The minimum absolute atomic E-state index is 0.0291. The molecule has 0 saturated carbocycles. The third-order valence-corrected chi connectivity index (χ3v) is 7.16. The zero-order valence-corrected chi connectivity index (χ0v) is 20.9. The summed E-state index contributed by atoms with van der Waals surface area (Å²) in [4.78, 5) is 39.4. The number of allylic oxidation sites excluding steroid dienone is 1. The van der Waals surface area contributed by atoms with Gasteiger partial charge in [0.25, 0.3) is 0 Å². The predicted molar refractivity (Wildman–Crippen MR) is 138 cm³/mol. The van der Waals surface area contributed by atoms with Crippen LogP contribution >= 0.6 is 11.8 Å². The summed E-state index contributed by atoms with van der Waals surface area (Å²) in [5.74, 6) is 0.738. The number of nitrogens with two attached hydrogens (primary N) is 1. The van der Waals surface area contributed by atoms with Crippen molar-refractivity contribution < 1.29 is 23.9 Å². The van der Waals surface area contributed by atoms with Gasteiger partial charge >= 0.3 is 0 Å². The molecule has 1 aliphatic rings. The molecule has 2 aromatic rings. The Balaban J connectivity index is 1.64. The number of hydrogen-bond donors (Lipinski definition) is 2. The van der Waals surface area contributed by atoms with Gasteiger partial charge in [0.1, 0.15) is 4.75 Å². The molecule has 3 rings (SSSR count). The number of nitrogens with zero attached hydrogens (tertiary/aromatic N) is 1. The van der Waals surface area contributed by atoms with Gasteiger partial charge in [-0.05, 0) is 55.7 Å². The molecular formula is C26H31N3O5S. The number of amides is 3. The van der Waals surface area contributed by atoms with Crippen LogP contribution in [0.1, 0.15) is 35.7 Å². The van der Waals surface area contributed by atoms with Gasteiger partial charge in [-0.15, -0.1) is 18.3 Å². The molecule has 1 aliphatic heterocycles. The molecule has 1 atom stereocenters. The molecule has 0 unspecified atom stereocenters. The fraction of sp³-hybridized carbons (Fsp3) is 0.346. The van der Waals surface area contributed by atoms with E-state index >= 15 is 0 Å². The Morgan fingerprint density at radius 1 is 1.26 bits per heavy atom. The van der Waals surface area contributed by atoms with Crippen molar-refractivity contribution in [2.45, 2.75) is 30.9 Å². The van der Waals surface area contributed by atoms with E-state index in [1.165, 1.54) is 11.8 Å². The summed E-state index contributed by atoms with van der Waals surface area (Å²) in [5.41, 5.74) is 7.29. The quantitative estimate of drug-likeness (QED) is 0.436. The fourth-order valence-corrected chi connectivity index (χ4v) is 5.31. The standard InChI is InChI=1S/C26H31N3O5S/c1-4-12-26(25(32)29(17-35-26)20-8-6-7-19(15-20)24(27)31)16-23(30)28-13-11-18-9-10-21(33-3)22(14-18)34-5-2/h4,6-10,14-15H,1,5,11-13,16-17H2,2-3H3,(H2,27,31)(H,28,30)/t26-/m1/s1. The molecule has 1 saturated heterocycles. The van der Waals surface area contributed by atoms with Gasteiger partial charge in [-0.3, -0.25) is 14.4 Å². The normalized spacial score (nSPS) is 17.2. The van der Waals surface area contributed by atoms with E-state index in [9.17, 15) is 14.4 Å². The van der Waals surface area contributed by atoms with Crippen LogP contribution in [0.15, 0.2) is 55.1 Å². The molecule has 0 aromatic heterocycles. The number of primary amides is 1. The molecule has 2 aromatic carbocycles. The van der Waals surface area contributed by atoms with Gasteiger partial charge in [-0.1, -0.05) is 18.2 Å². The van der Waals surface area contributed by atoms with Crippen LogP contribution in [-0.4, -0.2) is 48.6 Å². The summed E-state index contributed by atoms with van der Waals surface area (Å²) in [6.07, 6.45) is 2.65. The van der Waals surface area contributed by atoms with Gasteiger partial charge in [-0.2, -0.15) is 0 Å². The Labute approximate surface area is 209 Å². The monoisotopic (exact) mass is 497 g/mol. The fourth-order valence-electron chi connectivity index (χ4n) is 3.96. The number of carbonyl (C=O) groups excluding carboxylic acids is 3. The van der Waals surface area contributed by atoms with E-state index in [-0.39, 0.29) is 18.2 Å². The van der Waals surface area contributed by atoms with Crippen LogP contribution in [0.5, 0.6) is 11.5 Å². The van der Waals surface area contributed by atoms with Gasteiger partial charge < -0.3 is 25.4 Å². The lowest BCUT2D eigenvalue weighted by Crippen LogP contribution is -2.43. The Morgan fingerprint density at radius 3 is 2.74 bits per heavy atom. The number of benzene rings is 2. The molecule has 35 heavy (non-hydrogen) atoms. The molecule has 0 aliphatic carbocycles. The van der Waals surface area contributed by atoms with Crippen molar-refractivity contribution in [3.63, 3.8) is 0 Å². The maximum absolute atomic E-state index is 13.4. The average molecular weight is 498 g/mol. The smallest absolute Gasteiger partial charge is 0.248 e. The largest absolute Gasteiger partial charge is 0.493 e. The average Bonchev–Trinajstić information content (AvgIpc) is 3.15. The Kier molecular flexibility index (Phi) is 8.81. The van der Waals surface area contributed by atoms with Crippen molar-refractivity contribution in [3.05, 3.63) is 66.2 Å². The second kappa shape index (κ2) is 11.8. The second-order valence-electron chi connectivity index (χ2n) is 8.10. The zero-order chi connectivity index (χ0) is 25.4. The van der Waals surface area contributed by atoms with Gasteiger partial charge in [0.2, 0.25) is 17.7 Å². The number of rotatable bonds is 12. The van der Waals surface area contributed by atoms with E-state index in [1.54, 1.807) is 42.4 Å². The number of carbonyl (C=O) groups is 3. The Bertz CT molecular complexity index is 1110. The molecule has 3 N–H and O–H groups in total. The lowest BCUT2D eigenvalue weighted by Gasteiger charge is -2.25. The molecule has 1 fully saturated rings. The van der Waals surface area contributed by atoms with E-state index in [1.807, 2.05) is 25.1 Å². The first-order valence-corrected chi connectivity index (χ1v) is 12.3. The van der Waals surface area contributed by atoms with Crippen LogP contribution in [0, 0.1) is 0 Å². The van der Waals surface area contributed by atoms with Crippen molar-refractivity contribution in [1.82, 2.24) is 5.32 Å². The van der Waals surface area contributed by atoms with Crippen LogP contribution in [0.25, 0.3) is 0 Å². The molecule has 9 heteroatoms. The van der Waals surface area contributed by atoms with Gasteiger partial charge in [-0.25, -0.2) is 0 Å². The second-order valence-corrected chi connectivity index (χ2v) is 9.43. The summed E-state index contributed by atoms with van der Waals surface area (Å²) < 4.78 is 9.97. The molecular weight excluding hydrogens is 466 g/mol. The number of nitrogens with one attached hydrogen (secondary N) is 1. The van der Waals surface area contributed by atoms with E-state index in [0.29, 0.717) is 54.6 Å². The third kappa shape index (κ3) is 6.16. The maximum atomic E-state index is 13.4. The highest BCUT2D eigenvalue weighted by atomic mass is 32.2. The number of thioether (sulfide) groups is 1. The summed E-state index contributed by atoms with van der Waals surface area (Å²) in [7, 11) is 1.59. The van der Waals surface area contributed by atoms with Crippen LogP contribution < -0.4 is 25.4 Å². The summed E-state index contributed by atoms with van der Waals surface area (Å²) in [6.45, 7) is 6.64. The lowest BCUT2D eigenvalue weighted by molar-refractivity contribution is -0.126. The molecule has 0 bridgehead atoms. The molecule has 0 spiro atoms. The van der Waals surface area contributed by atoms with Crippen molar-refractivity contribution in [2.75, 3.05) is 31.0 Å². The number of anilines is 1. The van der Waals surface area contributed by atoms with Crippen LogP contribution in [0.3, 0.4) is 0 Å². The first-order valence-electron chi connectivity index (χ1n) is 11.4. The summed E-state index contributed by atoms with van der Waals surface area (Å²) in [6, 6.07) is 12.3. The molecule has 186 valence electrons. The highest BCUT2D eigenvalue weighted by Gasteiger charge is 2.48. The Hall–Kier alpha value is -3.46. The van der Waals surface area contributed by atoms with E-state index in [2.05, 4.69) is 11.9 Å². The van der Waals surface area contributed by atoms with Gasteiger partial charge in [0.05, 0.1) is 26.0 Å². The van der Waals surface area contributed by atoms with Gasteiger partial charge in [0.15, 0.2) is 11.5 Å². The van der Waals surface area contributed by atoms with Crippen LogP contribution in [0.2, 0.25) is 0 Å². The molecule has 0 radical (unpaired) electrons. The van der Waals surface area contributed by atoms with E-state index in [0.717, 1.165) is 5.56 Å². The first kappa shape index (κ1) is 26.2. The first-order chi connectivity index (χ1) is 16.8. The van der Waals surface area contributed by atoms with Crippen molar-refractivity contribution in [2.24, 2.45) is 5.73 Å². The summed E-state index contributed by atoms with van der Waals surface area (Å²) in [5, 5.41) is 2.93. The van der Waals surface area contributed by atoms with Gasteiger partial charge in [0, 0.05) is 17.8 Å². The van der Waals surface area contributed by atoms with Crippen LogP contribution in [-0.2, 0) is 16.0 Å². The highest BCUT2D eigenvalue weighted by Crippen LogP contribution is 2.43. The minimum atomic E-state index is -0.948. The lowest BCUT2D eigenvalue weighted by atomic mass is 9.97. The predicted octanol–water partition coefficient (Wildman–Crippen LogP) is 3.29. The number of methoxy groups -OCH3 is 1. The zero-order valence-electron chi connectivity index (χ0n) is 20.0. The molecule has 3 amide bonds. The SMILES string of the molecule is C=CC[C@]1(CC(=O)NCCc2ccc(OC)c(OCC)c2)SCN(c2cccc(C(N)=O)c2)C1=O. The third-order valence-electron chi connectivity index (χ3n) is 5.73. The van der Waals surface area contributed by atoms with Crippen molar-refractivity contribution in [1.29, 1.82) is 0 Å². The number of ether oxygens (including phenoxy) is 2.